The Hall–Kier alpha value is -2.50. The summed E-state index contributed by atoms with van der Waals surface area (Å²) in [5.41, 5.74) is 5.22. The van der Waals surface area contributed by atoms with Gasteiger partial charge in [-0.1, -0.05) is 56.1 Å². The summed E-state index contributed by atoms with van der Waals surface area (Å²) in [6, 6.07) is 28.7. The van der Waals surface area contributed by atoms with Gasteiger partial charge < -0.3 is 4.90 Å². The minimum atomic E-state index is -2.84. The van der Waals surface area contributed by atoms with Crippen LogP contribution in [0.15, 0.2) is 93.9 Å². The molecule has 0 spiro atoms. The van der Waals surface area contributed by atoms with Crippen LogP contribution in [0.4, 0.5) is 25.8 Å². The maximum absolute atomic E-state index is 15.4. The van der Waals surface area contributed by atoms with E-state index in [1.54, 1.807) is 27.7 Å². The standard InChI is InChI=1S/C32H29Br2F2N/c1-20-18-26(37(24-11-7-22(33)8-12-24)25-13-9-23(34)10-14-25)15-16-27(20)21-6-17-28-29(19-21)31(4,5)32(35,36)30(28,2)3/h6-19H,1-5H3. The summed E-state index contributed by atoms with van der Waals surface area (Å²) in [7, 11) is 0. The molecule has 0 saturated heterocycles. The molecule has 0 bridgehead atoms. The lowest BCUT2D eigenvalue weighted by Crippen LogP contribution is -2.46. The lowest BCUT2D eigenvalue weighted by molar-refractivity contribution is -0.105. The van der Waals surface area contributed by atoms with Crippen molar-refractivity contribution in [2.45, 2.75) is 51.4 Å². The second kappa shape index (κ2) is 9.06. The topological polar surface area (TPSA) is 3.24 Å². The fourth-order valence-corrected chi connectivity index (χ4v) is 6.16. The Morgan fingerprint density at radius 1 is 0.595 bits per heavy atom. The van der Waals surface area contributed by atoms with E-state index in [9.17, 15) is 0 Å². The molecule has 0 N–H and O–H groups in total. The maximum Gasteiger partial charge on any atom is 0.266 e. The van der Waals surface area contributed by atoms with Gasteiger partial charge in [-0.2, -0.15) is 0 Å². The quantitative estimate of drug-likeness (QED) is 0.218. The maximum atomic E-state index is 15.4. The number of hydrogen-bond acceptors (Lipinski definition) is 1. The van der Waals surface area contributed by atoms with Crippen molar-refractivity contribution in [3.8, 4) is 11.1 Å². The predicted octanol–water partition coefficient (Wildman–Crippen LogP) is 10.9. The third kappa shape index (κ3) is 4.15. The summed E-state index contributed by atoms with van der Waals surface area (Å²) in [5.74, 6) is -2.84. The van der Waals surface area contributed by atoms with Crippen molar-refractivity contribution >= 4 is 48.9 Å². The molecule has 0 aliphatic heterocycles. The van der Waals surface area contributed by atoms with E-state index >= 15 is 8.78 Å². The SMILES string of the molecule is Cc1cc(N(c2ccc(Br)cc2)c2ccc(Br)cc2)ccc1-c1ccc2c(c1)C(C)(C)C(F)(F)C2(C)C. The Kier molecular flexibility index (Phi) is 6.39. The van der Waals surface area contributed by atoms with Crippen LogP contribution < -0.4 is 4.90 Å². The van der Waals surface area contributed by atoms with E-state index in [0.717, 1.165) is 53.8 Å². The third-order valence-corrected chi connectivity index (χ3v) is 8.94. The van der Waals surface area contributed by atoms with Crippen molar-refractivity contribution in [2.75, 3.05) is 4.90 Å². The zero-order valence-electron chi connectivity index (χ0n) is 21.5. The summed E-state index contributed by atoms with van der Waals surface area (Å²) < 4.78 is 32.9. The van der Waals surface area contributed by atoms with Gasteiger partial charge in [0.1, 0.15) is 0 Å². The smallest absolute Gasteiger partial charge is 0.266 e. The predicted molar refractivity (Wildman–Crippen MR) is 158 cm³/mol. The third-order valence-electron chi connectivity index (χ3n) is 7.89. The van der Waals surface area contributed by atoms with Crippen LogP contribution in [0.3, 0.4) is 0 Å². The molecule has 0 heterocycles. The number of nitrogens with zero attached hydrogens (tertiary/aromatic N) is 1. The first-order valence-corrected chi connectivity index (χ1v) is 13.9. The van der Waals surface area contributed by atoms with Crippen molar-refractivity contribution in [3.63, 3.8) is 0 Å². The molecular weight excluding hydrogens is 596 g/mol. The van der Waals surface area contributed by atoms with Crippen molar-refractivity contribution in [1.82, 2.24) is 0 Å². The van der Waals surface area contributed by atoms with Gasteiger partial charge in [-0.15, -0.1) is 0 Å². The molecule has 190 valence electrons. The lowest BCUT2D eigenvalue weighted by Gasteiger charge is -2.35. The van der Waals surface area contributed by atoms with Crippen LogP contribution in [0.2, 0.25) is 0 Å². The minimum Gasteiger partial charge on any atom is -0.310 e. The van der Waals surface area contributed by atoms with Gasteiger partial charge in [0.05, 0.1) is 10.8 Å². The average molecular weight is 625 g/mol. The van der Waals surface area contributed by atoms with E-state index in [4.69, 9.17) is 0 Å². The number of anilines is 3. The Morgan fingerprint density at radius 3 is 1.59 bits per heavy atom. The second-order valence-corrected chi connectivity index (χ2v) is 12.7. The van der Waals surface area contributed by atoms with Crippen LogP contribution in [-0.4, -0.2) is 5.92 Å². The van der Waals surface area contributed by atoms with Gasteiger partial charge in [0.25, 0.3) is 5.92 Å². The van der Waals surface area contributed by atoms with Gasteiger partial charge in [0, 0.05) is 26.0 Å². The molecule has 0 atom stereocenters. The summed E-state index contributed by atoms with van der Waals surface area (Å²) >= 11 is 7.07. The van der Waals surface area contributed by atoms with E-state index in [0.29, 0.717) is 0 Å². The van der Waals surface area contributed by atoms with Crippen molar-refractivity contribution in [3.05, 3.63) is 111 Å². The summed E-state index contributed by atoms with van der Waals surface area (Å²) in [6.07, 6.45) is 0. The average Bonchev–Trinajstić information content (AvgIpc) is 2.96. The first-order valence-electron chi connectivity index (χ1n) is 12.3. The Labute approximate surface area is 234 Å². The van der Waals surface area contributed by atoms with Crippen LogP contribution in [0.1, 0.15) is 44.4 Å². The molecule has 0 saturated carbocycles. The Bertz CT molecular complexity index is 1430. The van der Waals surface area contributed by atoms with Crippen LogP contribution in [0.5, 0.6) is 0 Å². The summed E-state index contributed by atoms with van der Waals surface area (Å²) in [6.45, 7) is 8.71. The van der Waals surface area contributed by atoms with Gasteiger partial charge in [0.15, 0.2) is 0 Å². The molecule has 1 aliphatic rings. The first kappa shape index (κ1) is 26.1. The number of rotatable bonds is 4. The zero-order chi connectivity index (χ0) is 26.8. The van der Waals surface area contributed by atoms with Crippen molar-refractivity contribution in [2.24, 2.45) is 0 Å². The van der Waals surface area contributed by atoms with Gasteiger partial charge in [-0.05, 0) is 123 Å². The van der Waals surface area contributed by atoms with E-state index in [2.05, 4.69) is 86.1 Å². The fraction of sp³-hybridized carbons (Fsp3) is 0.250. The number of halogens is 4. The number of fused-ring (bicyclic) bond motifs is 1. The minimum absolute atomic E-state index is 0.731. The van der Waals surface area contributed by atoms with Crippen molar-refractivity contribution < 1.29 is 8.78 Å². The largest absolute Gasteiger partial charge is 0.310 e. The van der Waals surface area contributed by atoms with Crippen molar-refractivity contribution in [1.29, 1.82) is 0 Å². The van der Waals surface area contributed by atoms with Crippen LogP contribution >= 0.6 is 31.9 Å². The Morgan fingerprint density at radius 2 is 1.08 bits per heavy atom. The summed E-state index contributed by atoms with van der Waals surface area (Å²) in [4.78, 5) is 2.21. The second-order valence-electron chi connectivity index (χ2n) is 10.9. The van der Waals surface area contributed by atoms with Crippen LogP contribution in [-0.2, 0) is 10.8 Å². The molecule has 0 aromatic heterocycles. The molecular formula is C32H29Br2F2N. The highest BCUT2D eigenvalue weighted by molar-refractivity contribution is 9.10. The number of alkyl halides is 2. The highest BCUT2D eigenvalue weighted by Crippen LogP contribution is 2.59. The molecule has 4 aromatic rings. The van der Waals surface area contributed by atoms with Crippen LogP contribution in [0, 0.1) is 6.92 Å². The number of aryl methyl sites for hydroxylation is 1. The number of benzene rings is 4. The molecule has 0 unspecified atom stereocenters. The molecule has 0 radical (unpaired) electrons. The number of hydrogen-bond donors (Lipinski definition) is 0. The monoisotopic (exact) mass is 623 g/mol. The summed E-state index contributed by atoms with van der Waals surface area (Å²) in [5, 5.41) is 0. The van der Waals surface area contributed by atoms with Gasteiger partial charge in [-0.3, -0.25) is 0 Å². The van der Waals surface area contributed by atoms with E-state index in [1.165, 1.54) is 0 Å². The van der Waals surface area contributed by atoms with E-state index < -0.39 is 16.8 Å². The Balaban J connectivity index is 1.59. The molecule has 5 rings (SSSR count). The molecule has 37 heavy (non-hydrogen) atoms. The highest BCUT2D eigenvalue weighted by atomic mass is 79.9. The first-order chi connectivity index (χ1) is 17.3. The highest BCUT2D eigenvalue weighted by Gasteiger charge is 2.65. The molecule has 1 nitrogen and oxygen atoms in total. The van der Waals surface area contributed by atoms with Gasteiger partial charge in [0.2, 0.25) is 0 Å². The van der Waals surface area contributed by atoms with E-state index in [-0.39, 0.29) is 0 Å². The normalized spacial score (nSPS) is 16.9. The molecule has 5 heteroatoms. The van der Waals surface area contributed by atoms with E-state index in [1.807, 2.05) is 42.5 Å². The van der Waals surface area contributed by atoms with Gasteiger partial charge >= 0.3 is 0 Å². The molecule has 0 fully saturated rings. The lowest BCUT2D eigenvalue weighted by atomic mass is 9.77. The molecule has 0 amide bonds. The molecule has 4 aromatic carbocycles. The molecule has 1 aliphatic carbocycles. The van der Waals surface area contributed by atoms with Crippen LogP contribution in [0.25, 0.3) is 11.1 Å². The fourth-order valence-electron chi connectivity index (χ4n) is 5.63. The van der Waals surface area contributed by atoms with Gasteiger partial charge in [-0.25, -0.2) is 8.78 Å². The zero-order valence-corrected chi connectivity index (χ0v) is 24.7.